The van der Waals surface area contributed by atoms with Crippen LogP contribution in [-0.2, 0) is 0 Å². The highest BCUT2D eigenvalue weighted by Gasteiger charge is 2.10. The predicted octanol–water partition coefficient (Wildman–Crippen LogP) is 1.79. The van der Waals surface area contributed by atoms with E-state index >= 15 is 0 Å². The summed E-state index contributed by atoms with van der Waals surface area (Å²) in [6.07, 6.45) is -0.324. The summed E-state index contributed by atoms with van der Waals surface area (Å²) < 4.78 is 0. The Morgan fingerprint density at radius 2 is 2.12 bits per heavy atom. The number of nitrogens with zero attached hydrogens (tertiary/aromatic N) is 1. The first-order valence-corrected chi connectivity index (χ1v) is 6.37. The van der Waals surface area contributed by atoms with Crippen molar-refractivity contribution in [2.24, 2.45) is 0 Å². The number of aliphatic hydroxyl groups is 1. The lowest BCUT2D eigenvalue weighted by Crippen LogP contribution is -2.38. The molecule has 1 rings (SSSR count). The molecule has 0 heterocycles. The number of hydrogen-bond acceptors (Lipinski definition) is 3. The summed E-state index contributed by atoms with van der Waals surface area (Å²) in [4.78, 5) is 2.20. The van der Waals surface area contributed by atoms with E-state index in [1.165, 1.54) is 11.3 Å². The minimum absolute atomic E-state index is 0.324. The van der Waals surface area contributed by atoms with Gasteiger partial charge in [-0.05, 0) is 38.1 Å². The summed E-state index contributed by atoms with van der Waals surface area (Å²) in [6.45, 7) is 9.38. The van der Waals surface area contributed by atoms with Crippen molar-refractivity contribution in [3.63, 3.8) is 0 Å². The van der Waals surface area contributed by atoms with E-state index in [1.54, 1.807) is 0 Å². The number of aryl methyl sites for hydroxylation is 1. The van der Waals surface area contributed by atoms with Gasteiger partial charge in [0.2, 0.25) is 0 Å². The zero-order chi connectivity index (χ0) is 12.7. The standard InChI is InChI=1S/C14H24N2O/c1-4-15-10-14(17)11-16(5-2)13-8-6-7-12(3)9-13/h6-9,14-15,17H,4-5,10-11H2,1-3H3. The largest absolute Gasteiger partial charge is 0.390 e. The van der Waals surface area contributed by atoms with E-state index in [-0.39, 0.29) is 6.10 Å². The second kappa shape index (κ2) is 7.30. The number of benzene rings is 1. The van der Waals surface area contributed by atoms with E-state index in [2.05, 4.69) is 48.3 Å². The quantitative estimate of drug-likeness (QED) is 0.757. The van der Waals surface area contributed by atoms with Crippen molar-refractivity contribution in [2.75, 3.05) is 31.1 Å². The van der Waals surface area contributed by atoms with Crippen LogP contribution in [0.15, 0.2) is 24.3 Å². The van der Waals surface area contributed by atoms with Crippen LogP contribution in [0.4, 0.5) is 5.69 Å². The number of nitrogens with one attached hydrogen (secondary N) is 1. The summed E-state index contributed by atoms with van der Waals surface area (Å²) in [5.41, 5.74) is 2.44. The van der Waals surface area contributed by atoms with Crippen LogP contribution in [0, 0.1) is 6.92 Å². The second-order valence-corrected chi connectivity index (χ2v) is 4.34. The third-order valence-corrected chi connectivity index (χ3v) is 2.81. The van der Waals surface area contributed by atoms with Crippen molar-refractivity contribution in [1.29, 1.82) is 0 Å². The Morgan fingerprint density at radius 1 is 1.35 bits per heavy atom. The van der Waals surface area contributed by atoms with E-state index in [0.717, 1.165) is 13.1 Å². The number of rotatable bonds is 7. The molecule has 2 N–H and O–H groups in total. The van der Waals surface area contributed by atoms with Crippen LogP contribution >= 0.6 is 0 Å². The van der Waals surface area contributed by atoms with Crippen molar-refractivity contribution in [1.82, 2.24) is 5.32 Å². The first-order valence-electron chi connectivity index (χ1n) is 6.37. The van der Waals surface area contributed by atoms with Crippen molar-refractivity contribution in [3.05, 3.63) is 29.8 Å². The van der Waals surface area contributed by atoms with Crippen molar-refractivity contribution in [3.8, 4) is 0 Å². The summed E-state index contributed by atoms with van der Waals surface area (Å²) in [7, 11) is 0. The molecule has 3 nitrogen and oxygen atoms in total. The summed E-state index contributed by atoms with van der Waals surface area (Å²) in [6, 6.07) is 8.40. The highest BCUT2D eigenvalue weighted by Crippen LogP contribution is 2.15. The van der Waals surface area contributed by atoms with Crippen molar-refractivity contribution >= 4 is 5.69 Å². The summed E-state index contributed by atoms with van der Waals surface area (Å²) in [5.74, 6) is 0. The van der Waals surface area contributed by atoms with Gasteiger partial charge in [-0.1, -0.05) is 19.1 Å². The molecule has 0 saturated carbocycles. The monoisotopic (exact) mass is 236 g/mol. The van der Waals surface area contributed by atoms with Crippen LogP contribution in [0.5, 0.6) is 0 Å². The Morgan fingerprint density at radius 3 is 2.71 bits per heavy atom. The van der Waals surface area contributed by atoms with Crippen LogP contribution in [0.2, 0.25) is 0 Å². The minimum atomic E-state index is -0.324. The molecule has 17 heavy (non-hydrogen) atoms. The number of hydrogen-bond donors (Lipinski definition) is 2. The fourth-order valence-electron chi connectivity index (χ4n) is 1.87. The lowest BCUT2D eigenvalue weighted by atomic mass is 10.2. The van der Waals surface area contributed by atoms with Gasteiger partial charge in [0.25, 0.3) is 0 Å². The second-order valence-electron chi connectivity index (χ2n) is 4.34. The van der Waals surface area contributed by atoms with Crippen LogP contribution in [0.3, 0.4) is 0 Å². The maximum absolute atomic E-state index is 9.91. The fourth-order valence-corrected chi connectivity index (χ4v) is 1.87. The first-order chi connectivity index (χ1) is 8.17. The molecule has 1 aromatic rings. The van der Waals surface area contributed by atoms with Gasteiger partial charge < -0.3 is 15.3 Å². The van der Waals surface area contributed by atoms with Gasteiger partial charge in [-0.2, -0.15) is 0 Å². The van der Waals surface area contributed by atoms with E-state index in [9.17, 15) is 5.11 Å². The molecular weight excluding hydrogens is 212 g/mol. The van der Waals surface area contributed by atoms with E-state index in [0.29, 0.717) is 13.1 Å². The molecule has 3 heteroatoms. The van der Waals surface area contributed by atoms with Gasteiger partial charge in [0, 0.05) is 25.3 Å². The molecule has 96 valence electrons. The zero-order valence-electron chi connectivity index (χ0n) is 11.1. The molecule has 0 aliphatic heterocycles. The SMILES string of the molecule is CCNCC(O)CN(CC)c1cccc(C)c1. The zero-order valence-corrected chi connectivity index (χ0v) is 11.1. The van der Waals surface area contributed by atoms with Gasteiger partial charge in [-0.25, -0.2) is 0 Å². The maximum atomic E-state index is 9.91. The molecule has 0 bridgehead atoms. The Balaban J connectivity index is 2.59. The Labute approximate surface area is 104 Å². The Bertz CT molecular complexity index is 328. The van der Waals surface area contributed by atoms with E-state index < -0.39 is 0 Å². The highest BCUT2D eigenvalue weighted by molar-refractivity contribution is 5.48. The molecule has 0 aliphatic carbocycles. The smallest absolute Gasteiger partial charge is 0.0839 e. The van der Waals surface area contributed by atoms with Gasteiger partial charge >= 0.3 is 0 Å². The Hall–Kier alpha value is -1.06. The number of likely N-dealkylation sites (N-methyl/N-ethyl adjacent to an activating group) is 2. The molecule has 1 unspecified atom stereocenters. The molecule has 0 amide bonds. The minimum Gasteiger partial charge on any atom is -0.390 e. The molecule has 1 aromatic carbocycles. The van der Waals surface area contributed by atoms with Gasteiger partial charge in [0.05, 0.1) is 6.10 Å². The average Bonchev–Trinajstić information content (AvgIpc) is 2.33. The highest BCUT2D eigenvalue weighted by atomic mass is 16.3. The molecule has 0 radical (unpaired) electrons. The lowest BCUT2D eigenvalue weighted by Gasteiger charge is -2.26. The average molecular weight is 236 g/mol. The number of aliphatic hydroxyl groups excluding tert-OH is 1. The molecular formula is C14H24N2O. The lowest BCUT2D eigenvalue weighted by molar-refractivity contribution is 0.177. The van der Waals surface area contributed by atoms with Gasteiger partial charge in [0.15, 0.2) is 0 Å². The van der Waals surface area contributed by atoms with E-state index in [4.69, 9.17) is 0 Å². The van der Waals surface area contributed by atoms with Gasteiger partial charge in [-0.3, -0.25) is 0 Å². The van der Waals surface area contributed by atoms with Gasteiger partial charge in [-0.15, -0.1) is 0 Å². The Kier molecular flexibility index (Phi) is 6.01. The third kappa shape index (κ3) is 4.75. The maximum Gasteiger partial charge on any atom is 0.0839 e. The van der Waals surface area contributed by atoms with Crippen LogP contribution in [0.25, 0.3) is 0 Å². The molecule has 0 spiro atoms. The molecule has 0 aliphatic rings. The fraction of sp³-hybridized carbons (Fsp3) is 0.571. The van der Waals surface area contributed by atoms with Crippen molar-refractivity contribution in [2.45, 2.75) is 26.9 Å². The molecule has 0 fully saturated rings. The molecule has 0 aromatic heterocycles. The molecule has 1 atom stereocenters. The predicted molar refractivity (Wildman–Crippen MR) is 73.6 cm³/mol. The van der Waals surface area contributed by atoms with Crippen LogP contribution in [0.1, 0.15) is 19.4 Å². The van der Waals surface area contributed by atoms with Crippen LogP contribution in [-0.4, -0.2) is 37.4 Å². The van der Waals surface area contributed by atoms with E-state index in [1.807, 2.05) is 6.92 Å². The first kappa shape index (κ1) is 14.0. The molecule has 0 saturated heterocycles. The topological polar surface area (TPSA) is 35.5 Å². The summed E-state index contributed by atoms with van der Waals surface area (Å²) >= 11 is 0. The van der Waals surface area contributed by atoms with Gasteiger partial charge in [0.1, 0.15) is 0 Å². The van der Waals surface area contributed by atoms with Crippen LogP contribution < -0.4 is 10.2 Å². The third-order valence-electron chi connectivity index (χ3n) is 2.81. The normalized spacial score (nSPS) is 12.5. The number of anilines is 1. The van der Waals surface area contributed by atoms with Crippen molar-refractivity contribution < 1.29 is 5.11 Å². The summed E-state index contributed by atoms with van der Waals surface area (Å²) in [5, 5.41) is 13.1.